The van der Waals surface area contributed by atoms with Crippen LogP contribution in [0, 0.1) is 5.41 Å². The zero-order valence-corrected chi connectivity index (χ0v) is 9.51. The highest BCUT2D eigenvalue weighted by Crippen LogP contribution is 2.54. The number of hydrogen-bond acceptors (Lipinski definition) is 1. The van der Waals surface area contributed by atoms with Crippen LogP contribution in [0.25, 0.3) is 0 Å². The minimum absolute atomic E-state index is 0.164. The highest BCUT2D eigenvalue weighted by Gasteiger charge is 2.73. The maximum Gasteiger partial charge on any atom is 0.455 e. The summed E-state index contributed by atoms with van der Waals surface area (Å²) in [6, 6.07) is 0. The van der Waals surface area contributed by atoms with Crippen molar-refractivity contribution < 1.29 is 22.0 Å². The summed E-state index contributed by atoms with van der Waals surface area (Å²) < 4.78 is 64.6. The lowest BCUT2D eigenvalue weighted by molar-refractivity contribution is -0.322. The largest absolute Gasteiger partial charge is 0.455 e. The first-order valence-corrected chi connectivity index (χ1v) is 5.15. The van der Waals surface area contributed by atoms with E-state index in [4.69, 9.17) is 0 Å². The fraction of sp³-hybridized carbons (Fsp3) is 1.00. The van der Waals surface area contributed by atoms with Gasteiger partial charge in [0, 0.05) is 0 Å². The average molecular weight is 245 g/mol. The number of halogens is 5. The topological polar surface area (TPSA) is 12.0 Å². The summed E-state index contributed by atoms with van der Waals surface area (Å²) >= 11 is 0. The smallest absolute Gasteiger partial charge is 0.305 e. The monoisotopic (exact) mass is 245 g/mol. The van der Waals surface area contributed by atoms with Crippen molar-refractivity contribution in [3.63, 3.8) is 0 Å². The molecule has 1 atom stereocenters. The van der Waals surface area contributed by atoms with Crippen LogP contribution in [0.3, 0.4) is 0 Å². The Morgan fingerprint density at radius 1 is 1.00 bits per heavy atom. The quantitative estimate of drug-likeness (QED) is 0.698. The molecule has 0 aromatic heterocycles. The van der Waals surface area contributed by atoms with E-state index in [-0.39, 0.29) is 13.0 Å². The number of hydrogen-bond donors (Lipinski definition) is 1. The zero-order valence-electron chi connectivity index (χ0n) is 9.51. The Morgan fingerprint density at radius 3 is 1.75 bits per heavy atom. The van der Waals surface area contributed by atoms with E-state index in [2.05, 4.69) is 5.32 Å². The normalized spacial score (nSPS) is 28.5. The fourth-order valence-electron chi connectivity index (χ4n) is 2.36. The second-order valence-electron chi connectivity index (χ2n) is 5.26. The molecular weight excluding hydrogens is 229 g/mol. The van der Waals surface area contributed by atoms with Gasteiger partial charge in [-0.15, -0.1) is 0 Å². The molecule has 0 aromatic carbocycles. The Balaban J connectivity index is 3.23. The second-order valence-corrected chi connectivity index (χ2v) is 5.26. The molecule has 1 nitrogen and oxygen atoms in total. The number of alkyl halides is 5. The lowest BCUT2D eigenvalue weighted by atomic mass is 9.68. The molecule has 0 amide bonds. The molecule has 1 aliphatic heterocycles. The molecule has 96 valence electrons. The Morgan fingerprint density at radius 2 is 1.50 bits per heavy atom. The van der Waals surface area contributed by atoms with Gasteiger partial charge in [-0.2, -0.15) is 22.0 Å². The minimum Gasteiger partial charge on any atom is -0.305 e. The molecule has 0 radical (unpaired) electrons. The summed E-state index contributed by atoms with van der Waals surface area (Å²) in [4.78, 5) is 0. The molecule has 0 aromatic rings. The van der Waals surface area contributed by atoms with Crippen molar-refractivity contribution in [2.24, 2.45) is 5.41 Å². The van der Waals surface area contributed by atoms with E-state index in [1.54, 1.807) is 0 Å². The molecule has 1 aliphatic rings. The lowest BCUT2D eigenvalue weighted by Gasteiger charge is -2.47. The third-order valence-corrected chi connectivity index (χ3v) is 3.33. The number of rotatable bonds is 1. The SMILES string of the molecule is CC(C)(C)[C@@]1(C(F)(F)C(F)(F)F)CCCN1. The van der Waals surface area contributed by atoms with E-state index in [1.807, 2.05) is 0 Å². The summed E-state index contributed by atoms with van der Waals surface area (Å²) in [5.41, 5.74) is -3.36. The van der Waals surface area contributed by atoms with Crippen LogP contribution in [0.2, 0.25) is 0 Å². The van der Waals surface area contributed by atoms with E-state index in [0.717, 1.165) is 0 Å². The highest BCUT2D eigenvalue weighted by atomic mass is 19.4. The summed E-state index contributed by atoms with van der Waals surface area (Å²) in [5, 5.41) is 2.39. The summed E-state index contributed by atoms with van der Waals surface area (Å²) in [5.74, 6) is -4.71. The predicted octanol–water partition coefficient (Wildman–Crippen LogP) is 3.35. The van der Waals surface area contributed by atoms with E-state index >= 15 is 0 Å². The van der Waals surface area contributed by atoms with Gasteiger partial charge < -0.3 is 5.32 Å². The van der Waals surface area contributed by atoms with Gasteiger partial charge in [-0.05, 0) is 24.8 Å². The molecule has 1 saturated heterocycles. The van der Waals surface area contributed by atoms with Gasteiger partial charge in [0.2, 0.25) is 0 Å². The molecule has 0 spiro atoms. The summed E-state index contributed by atoms with van der Waals surface area (Å²) in [7, 11) is 0. The summed E-state index contributed by atoms with van der Waals surface area (Å²) in [6.07, 6.45) is -5.34. The maximum atomic E-state index is 13.6. The standard InChI is InChI=1S/C10H16F5N/c1-7(2,3)8(5-4-6-16-8)9(11,12)10(13,14)15/h16H,4-6H2,1-3H3/t8-/m1/s1. The van der Waals surface area contributed by atoms with Crippen LogP contribution in [0.15, 0.2) is 0 Å². The molecule has 0 saturated carbocycles. The van der Waals surface area contributed by atoms with Crippen molar-refractivity contribution in [3.8, 4) is 0 Å². The van der Waals surface area contributed by atoms with Gasteiger partial charge in [-0.25, -0.2) is 0 Å². The van der Waals surface area contributed by atoms with E-state index in [0.29, 0.717) is 6.42 Å². The molecule has 0 aliphatic carbocycles. The van der Waals surface area contributed by atoms with Crippen LogP contribution in [-0.2, 0) is 0 Å². The molecule has 1 heterocycles. The highest BCUT2D eigenvalue weighted by molar-refractivity contribution is 5.13. The zero-order chi connectivity index (χ0) is 12.8. The van der Waals surface area contributed by atoms with Gasteiger partial charge in [-0.1, -0.05) is 20.8 Å². The van der Waals surface area contributed by atoms with Gasteiger partial charge in [0.1, 0.15) is 0 Å². The van der Waals surface area contributed by atoms with Gasteiger partial charge in [0.25, 0.3) is 0 Å². The van der Waals surface area contributed by atoms with Crippen molar-refractivity contribution in [2.75, 3.05) is 6.54 Å². The average Bonchev–Trinajstić information content (AvgIpc) is 2.48. The van der Waals surface area contributed by atoms with Gasteiger partial charge in [0.15, 0.2) is 0 Å². The third-order valence-electron chi connectivity index (χ3n) is 3.33. The van der Waals surface area contributed by atoms with Crippen LogP contribution in [-0.4, -0.2) is 24.2 Å². The summed E-state index contributed by atoms with van der Waals surface area (Å²) in [6.45, 7) is 4.42. The van der Waals surface area contributed by atoms with Crippen LogP contribution in [0.1, 0.15) is 33.6 Å². The Hall–Kier alpha value is -0.390. The van der Waals surface area contributed by atoms with Crippen molar-refractivity contribution in [1.29, 1.82) is 0 Å². The van der Waals surface area contributed by atoms with E-state index < -0.39 is 23.1 Å². The van der Waals surface area contributed by atoms with E-state index in [1.165, 1.54) is 20.8 Å². The van der Waals surface area contributed by atoms with Gasteiger partial charge in [-0.3, -0.25) is 0 Å². The van der Waals surface area contributed by atoms with Crippen LogP contribution >= 0.6 is 0 Å². The first-order valence-electron chi connectivity index (χ1n) is 5.15. The van der Waals surface area contributed by atoms with E-state index in [9.17, 15) is 22.0 Å². The van der Waals surface area contributed by atoms with Gasteiger partial charge in [0.05, 0.1) is 5.54 Å². The lowest BCUT2D eigenvalue weighted by Crippen LogP contribution is -2.68. The van der Waals surface area contributed by atoms with Crippen LogP contribution in [0.5, 0.6) is 0 Å². The first-order chi connectivity index (χ1) is 6.96. The van der Waals surface area contributed by atoms with Crippen LogP contribution < -0.4 is 5.32 Å². The maximum absolute atomic E-state index is 13.6. The molecule has 1 fully saturated rings. The molecular formula is C10H16F5N. The molecule has 1 rings (SSSR count). The van der Waals surface area contributed by atoms with Crippen molar-refractivity contribution in [1.82, 2.24) is 5.32 Å². The molecule has 6 heteroatoms. The van der Waals surface area contributed by atoms with Crippen LogP contribution in [0.4, 0.5) is 22.0 Å². The van der Waals surface area contributed by atoms with Gasteiger partial charge >= 0.3 is 12.1 Å². The number of nitrogens with one attached hydrogen (secondary N) is 1. The Kier molecular flexibility index (Phi) is 3.03. The van der Waals surface area contributed by atoms with Crippen molar-refractivity contribution in [3.05, 3.63) is 0 Å². The molecule has 16 heavy (non-hydrogen) atoms. The fourth-order valence-corrected chi connectivity index (χ4v) is 2.36. The second kappa shape index (κ2) is 3.55. The van der Waals surface area contributed by atoms with Crippen molar-refractivity contribution >= 4 is 0 Å². The van der Waals surface area contributed by atoms with Crippen molar-refractivity contribution in [2.45, 2.75) is 51.3 Å². The Bertz CT molecular complexity index is 257. The Labute approximate surface area is 91.4 Å². The first kappa shape index (κ1) is 13.7. The molecule has 0 unspecified atom stereocenters. The molecule has 1 N–H and O–H groups in total. The molecule has 0 bridgehead atoms. The third kappa shape index (κ3) is 1.71. The predicted molar refractivity (Wildman–Crippen MR) is 50.4 cm³/mol. The minimum atomic E-state index is -5.52.